The second-order valence-corrected chi connectivity index (χ2v) is 10.4. The zero-order valence-electron chi connectivity index (χ0n) is 22.9. The van der Waals surface area contributed by atoms with Crippen LogP contribution in [0, 0.1) is 5.82 Å². The van der Waals surface area contributed by atoms with E-state index in [-0.39, 0.29) is 29.9 Å². The molecule has 2 aliphatic rings. The van der Waals surface area contributed by atoms with E-state index in [1.54, 1.807) is 4.90 Å². The number of aliphatic hydroxyl groups excluding tert-OH is 1. The van der Waals surface area contributed by atoms with Crippen LogP contribution in [0.4, 0.5) is 15.8 Å². The van der Waals surface area contributed by atoms with Gasteiger partial charge in [0.2, 0.25) is 11.8 Å². The zero-order chi connectivity index (χ0) is 28.3. The lowest BCUT2D eigenvalue weighted by molar-refractivity contribution is -0.135. The van der Waals surface area contributed by atoms with Crippen LogP contribution in [0.15, 0.2) is 36.4 Å². The fourth-order valence-electron chi connectivity index (χ4n) is 5.32. The summed E-state index contributed by atoms with van der Waals surface area (Å²) in [5, 5.41) is 15.2. The van der Waals surface area contributed by atoms with Crippen LogP contribution in [0.3, 0.4) is 0 Å². The Morgan fingerprint density at radius 3 is 2.38 bits per heavy atom. The molecule has 3 N–H and O–H groups in total. The van der Waals surface area contributed by atoms with Crippen molar-refractivity contribution in [3.63, 3.8) is 0 Å². The van der Waals surface area contributed by atoms with Gasteiger partial charge in [-0.1, -0.05) is 6.92 Å². The molecule has 2 aromatic carbocycles. The molecule has 0 aromatic heterocycles. The third kappa shape index (κ3) is 6.23. The van der Waals surface area contributed by atoms with Crippen LogP contribution < -0.4 is 15.5 Å². The van der Waals surface area contributed by atoms with Crippen LogP contribution in [0.1, 0.15) is 61.2 Å². The number of nitrogens with zero attached hydrogens (tertiary/aromatic N) is 2. The Morgan fingerprint density at radius 2 is 1.79 bits per heavy atom. The van der Waals surface area contributed by atoms with Gasteiger partial charge < -0.3 is 30.3 Å². The van der Waals surface area contributed by atoms with E-state index in [0.717, 1.165) is 16.8 Å². The number of benzene rings is 2. The average molecular weight is 541 g/mol. The van der Waals surface area contributed by atoms with E-state index in [4.69, 9.17) is 9.84 Å². The predicted molar refractivity (Wildman–Crippen MR) is 146 cm³/mol. The molecule has 2 unspecified atom stereocenters. The highest BCUT2D eigenvalue weighted by atomic mass is 19.1. The minimum Gasteiger partial charge on any atom is -0.387 e. The van der Waals surface area contributed by atoms with Gasteiger partial charge in [-0.2, -0.15) is 0 Å². The molecule has 1 saturated heterocycles. The first-order valence-electron chi connectivity index (χ1n) is 13.4. The number of likely N-dealkylation sites (N-methyl/N-ethyl adjacent to an activating group) is 1. The van der Waals surface area contributed by atoms with Crippen molar-refractivity contribution in [2.75, 3.05) is 37.0 Å². The van der Waals surface area contributed by atoms with E-state index in [1.165, 1.54) is 24.3 Å². The summed E-state index contributed by atoms with van der Waals surface area (Å²) in [4.78, 5) is 41.9. The summed E-state index contributed by atoms with van der Waals surface area (Å²) in [6.45, 7) is 6.27. The number of halogens is 1. The second-order valence-electron chi connectivity index (χ2n) is 10.4. The summed E-state index contributed by atoms with van der Waals surface area (Å²) < 4.78 is 19.6. The molecule has 0 radical (unpaired) electrons. The number of aryl methyl sites for hydroxylation is 1. The molecule has 39 heavy (non-hydrogen) atoms. The molecule has 0 bridgehead atoms. The third-order valence-corrected chi connectivity index (χ3v) is 7.40. The quantitative estimate of drug-likeness (QED) is 0.475. The predicted octanol–water partition coefficient (Wildman–Crippen LogP) is 3.02. The molecule has 1 fully saturated rings. The number of anilines is 2. The first-order chi connectivity index (χ1) is 18.6. The molecular formula is C29H37FN4O5. The monoisotopic (exact) mass is 540 g/mol. The number of rotatable bonds is 8. The Kier molecular flexibility index (Phi) is 8.87. The molecule has 4 rings (SSSR count). The molecule has 2 aliphatic heterocycles. The molecule has 2 heterocycles. The minimum atomic E-state index is -0.618. The number of hydrogen-bond donors (Lipinski definition) is 3. The zero-order valence-corrected chi connectivity index (χ0v) is 22.9. The van der Waals surface area contributed by atoms with Crippen molar-refractivity contribution in [3.8, 4) is 0 Å². The van der Waals surface area contributed by atoms with E-state index in [2.05, 4.69) is 10.6 Å². The van der Waals surface area contributed by atoms with Crippen molar-refractivity contribution in [2.24, 2.45) is 0 Å². The third-order valence-electron chi connectivity index (χ3n) is 7.40. The second kappa shape index (κ2) is 12.1. The van der Waals surface area contributed by atoms with E-state index >= 15 is 0 Å². The lowest BCUT2D eigenvalue weighted by Crippen LogP contribution is -2.52. The number of ether oxygens (including phenoxy) is 1. The number of fused-ring (bicyclic) bond motifs is 1. The highest BCUT2D eigenvalue weighted by molar-refractivity contribution is 6.05. The molecule has 2 atom stereocenters. The van der Waals surface area contributed by atoms with Gasteiger partial charge in [-0.05, 0) is 75.1 Å². The Labute approximate surface area is 228 Å². The fourth-order valence-corrected chi connectivity index (χ4v) is 5.32. The summed E-state index contributed by atoms with van der Waals surface area (Å²) in [6, 6.07) is 8.53. The molecule has 0 aliphatic carbocycles. The number of likely N-dealkylation sites (tertiary alicyclic amines) is 1. The van der Waals surface area contributed by atoms with Crippen molar-refractivity contribution >= 4 is 29.1 Å². The van der Waals surface area contributed by atoms with E-state index < -0.39 is 24.6 Å². The number of amides is 3. The highest BCUT2D eigenvalue weighted by Crippen LogP contribution is 2.44. The SMILES string of the molecule is CCc1cc2c(cc1NC(=O)c1ccc(F)cc1)C(OC(C)C)C(C(=O)NC1CCN(C(=O)CO)CC1)N2C. The number of carbonyl (C=O) groups excluding carboxylic acids is 3. The molecule has 10 heteroatoms. The summed E-state index contributed by atoms with van der Waals surface area (Å²) in [6.07, 6.45) is 1.15. The largest absolute Gasteiger partial charge is 0.387 e. The minimum absolute atomic E-state index is 0.0891. The first kappa shape index (κ1) is 28.5. The van der Waals surface area contributed by atoms with Gasteiger partial charge >= 0.3 is 0 Å². The van der Waals surface area contributed by atoms with Gasteiger partial charge in [-0.25, -0.2) is 4.39 Å². The van der Waals surface area contributed by atoms with Crippen LogP contribution in [0.25, 0.3) is 0 Å². The molecule has 3 amide bonds. The Morgan fingerprint density at radius 1 is 1.13 bits per heavy atom. The fraction of sp³-hybridized carbons (Fsp3) is 0.483. The van der Waals surface area contributed by atoms with Crippen LogP contribution in [-0.2, 0) is 20.7 Å². The number of hydrogen-bond acceptors (Lipinski definition) is 6. The van der Waals surface area contributed by atoms with E-state index in [1.807, 2.05) is 44.9 Å². The van der Waals surface area contributed by atoms with Crippen molar-refractivity contribution in [1.82, 2.24) is 10.2 Å². The number of nitrogens with one attached hydrogen (secondary N) is 2. The van der Waals surface area contributed by atoms with Gasteiger partial charge in [0.1, 0.15) is 24.6 Å². The maximum atomic E-state index is 13.6. The van der Waals surface area contributed by atoms with Gasteiger partial charge in [0.25, 0.3) is 5.91 Å². The van der Waals surface area contributed by atoms with Crippen LogP contribution >= 0.6 is 0 Å². The molecular weight excluding hydrogens is 503 g/mol. The van der Waals surface area contributed by atoms with Gasteiger partial charge in [0.05, 0.1) is 6.10 Å². The molecule has 9 nitrogen and oxygen atoms in total. The Balaban J connectivity index is 1.56. The van der Waals surface area contributed by atoms with Gasteiger partial charge in [0.15, 0.2) is 0 Å². The number of aliphatic hydroxyl groups is 1. The van der Waals surface area contributed by atoms with Crippen molar-refractivity contribution in [1.29, 1.82) is 0 Å². The maximum Gasteiger partial charge on any atom is 0.255 e. The Bertz CT molecular complexity index is 1210. The highest BCUT2D eigenvalue weighted by Gasteiger charge is 2.44. The summed E-state index contributed by atoms with van der Waals surface area (Å²) in [5.41, 5.74) is 3.54. The van der Waals surface area contributed by atoms with Crippen LogP contribution in [-0.4, -0.2) is 72.7 Å². The summed E-state index contributed by atoms with van der Waals surface area (Å²) in [7, 11) is 1.87. The van der Waals surface area contributed by atoms with Crippen molar-refractivity contribution in [2.45, 2.75) is 64.3 Å². The van der Waals surface area contributed by atoms with Crippen molar-refractivity contribution in [3.05, 3.63) is 58.9 Å². The molecule has 2 aromatic rings. The number of piperidine rings is 1. The van der Waals surface area contributed by atoms with E-state index in [0.29, 0.717) is 43.6 Å². The van der Waals surface area contributed by atoms with Gasteiger partial charge in [0, 0.05) is 48.7 Å². The topological polar surface area (TPSA) is 111 Å². The maximum absolute atomic E-state index is 13.6. The molecule has 0 spiro atoms. The molecule has 210 valence electrons. The lowest BCUT2D eigenvalue weighted by Gasteiger charge is -2.34. The Hall–Kier alpha value is -3.50. The summed E-state index contributed by atoms with van der Waals surface area (Å²) in [5.74, 6) is -1.23. The van der Waals surface area contributed by atoms with Gasteiger partial charge in [-0.15, -0.1) is 0 Å². The summed E-state index contributed by atoms with van der Waals surface area (Å²) >= 11 is 0. The normalized spacial score (nSPS) is 19.3. The van der Waals surface area contributed by atoms with Gasteiger partial charge in [-0.3, -0.25) is 14.4 Å². The first-order valence-corrected chi connectivity index (χ1v) is 13.4. The average Bonchev–Trinajstić information content (AvgIpc) is 3.18. The smallest absolute Gasteiger partial charge is 0.255 e. The van der Waals surface area contributed by atoms with Crippen molar-refractivity contribution < 1.29 is 28.6 Å². The van der Waals surface area contributed by atoms with E-state index in [9.17, 15) is 18.8 Å². The lowest BCUT2D eigenvalue weighted by atomic mass is 9.99. The molecule has 0 saturated carbocycles. The number of carbonyl (C=O) groups is 3. The van der Waals surface area contributed by atoms with Crippen LogP contribution in [0.5, 0.6) is 0 Å². The van der Waals surface area contributed by atoms with Crippen LogP contribution in [0.2, 0.25) is 0 Å². The standard InChI is InChI=1S/C29H37FN4O5/c1-5-18-14-24-22(15-23(18)32-28(37)19-6-8-20(30)9-7-19)27(39-17(2)3)26(33(24)4)29(38)31-21-10-12-34(13-11-21)25(36)16-35/h6-9,14-15,17,21,26-27,35H,5,10-13,16H2,1-4H3,(H,31,38)(H,32,37).